The molecule has 3 heteroatoms. The summed E-state index contributed by atoms with van der Waals surface area (Å²) in [5, 5.41) is 3.02. The molecule has 92 valence electrons. The molecule has 0 atom stereocenters. The van der Waals surface area contributed by atoms with Crippen molar-refractivity contribution in [2.45, 2.75) is 76.4 Å². The van der Waals surface area contributed by atoms with Crippen molar-refractivity contribution in [1.29, 1.82) is 0 Å². The maximum atomic E-state index is 11.6. The minimum absolute atomic E-state index is 0.185. The molecule has 2 fully saturated rings. The fourth-order valence-electron chi connectivity index (χ4n) is 2.44. The Hall–Kier alpha value is -0.730. The third-order valence-electron chi connectivity index (χ3n) is 3.75. The zero-order chi connectivity index (χ0) is 11.2. The lowest BCUT2D eigenvalue weighted by atomic mass is 9.96. The van der Waals surface area contributed by atoms with Crippen molar-refractivity contribution in [1.82, 2.24) is 5.32 Å². The summed E-state index contributed by atoms with van der Waals surface area (Å²) in [6, 6.07) is 0.355. The van der Waals surface area contributed by atoms with E-state index in [4.69, 9.17) is 4.74 Å². The molecule has 3 nitrogen and oxygen atoms in total. The van der Waals surface area contributed by atoms with Crippen LogP contribution in [0.3, 0.4) is 0 Å². The van der Waals surface area contributed by atoms with E-state index in [2.05, 4.69) is 5.32 Å². The molecule has 0 bridgehead atoms. The Morgan fingerprint density at radius 1 is 0.875 bits per heavy atom. The largest absolute Gasteiger partial charge is 0.446 e. The Morgan fingerprint density at radius 2 is 1.50 bits per heavy atom. The summed E-state index contributed by atoms with van der Waals surface area (Å²) in [6.07, 6.45) is 12.1. The molecule has 0 spiro atoms. The molecule has 0 aromatic heterocycles. The summed E-state index contributed by atoms with van der Waals surface area (Å²) in [4.78, 5) is 11.6. The van der Waals surface area contributed by atoms with Crippen LogP contribution < -0.4 is 5.32 Å². The topological polar surface area (TPSA) is 38.3 Å². The van der Waals surface area contributed by atoms with Crippen molar-refractivity contribution >= 4 is 6.09 Å². The molecule has 1 N–H and O–H groups in total. The predicted molar refractivity (Wildman–Crippen MR) is 63.4 cm³/mol. The molecular formula is C13H23NO2. The molecule has 2 saturated carbocycles. The van der Waals surface area contributed by atoms with E-state index >= 15 is 0 Å². The second-order valence-corrected chi connectivity index (χ2v) is 5.14. The van der Waals surface area contributed by atoms with Gasteiger partial charge in [-0.25, -0.2) is 4.79 Å². The molecule has 1 amide bonds. The van der Waals surface area contributed by atoms with E-state index < -0.39 is 0 Å². The highest BCUT2D eigenvalue weighted by Gasteiger charge is 2.23. The molecule has 0 unspecified atom stereocenters. The Morgan fingerprint density at radius 3 is 2.06 bits per heavy atom. The number of rotatable bonds is 2. The van der Waals surface area contributed by atoms with Gasteiger partial charge in [0.25, 0.3) is 0 Å². The van der Waals surface area contributed by atoms with Crippen LogP contribution in [-0.4, -0.2) is 18.2 Å². The van der Waals surface area contributed by atoms with E-state index in [9.17, 15) is 4.79 Å². The second-order valence-electron chi connectivity index (χ2n) is 5.14. The summed E-state index contributed by atoms with van der Waals surface area (Å²) in [7, 11) is 0. The number of hydrogen-bond acceptors (Lipinski definition) is 2. The average molecular weight is 225 g/mol. The van der Waals surface area contributed by atoms with E-state index in [1.165, 1.54) is 38.5 Å². The fourth-order valence-corrected chi connectivity index (χ4v) is 2.44. The minimum Gasteiger partial charge on any atom is -0.446 e. The number of carbonyl (C=O) groups excluding carboxylic acids is 1. The second kappa shape index (κ2) is 6.12. The van der Waals surface area contributed by atoms with Crippen LogP contribution in [0.5, 0.6) is 0 Å². The van der Waals surface area contributed by atoms with Gasteiger partial charge in [0, 0.05) is 6.04 Å². The predicted octanol–water partition coefficient (Wildman–Crippen LogP) is 3.38. The molecule has 0 aliphatic heterocycles. The standard InChI is InChI=1S/C13H23NO2/c15-13(16-12-9-6-10-12)14-11-7-4-2-1-3-5-8-11/h11-12H,1-10H2,(H,14,15). The van der Waals surface area contributed by atoms with Gasteiger partial charge in [0.2, 0.25) is 0 Å². The average Bonchev–Trinajstić information content (AvgIpc) is 2.16. The number of ether oxygens (including phenoxy) is 1. The minimum atomic E-state index is -0.185. The Kier molecular flexibility index (Phi) is 4.49. The summed E-state index contributed by atoms with van der Waals surface area (Å²) >= 11 is 0. The molecule has 0 aromatic carbocycles. The van der Waals surface area contributed by atoms with Crippen molar-refractivity contribution in [3.63, 3.8) is 0 Å². The highest BCUT2D eigenvalue weighted by atomic mass is 16.6. The van der Waals surface area contributed by atoms with Crippen LogP contribution in [0.2, 0.25) is 0 Å². The van der Waals surface area contributed by atoms with Gasteiger partial charge in [-0.1, -0.05) is 32.1 Å². The van der Waals surface area contributed by atoms with Gasteiger partial charge in [-0.2, -0.15) is 0 Å². The van der Waals surface area contributed by atoms with Gasteiger partial charge >= 0.3 is 6.09 Å². The lowest BCUT2D eigenvalue weighted by Crippen LogP contribution is -2.39. The first-order valence-electron chi connectivity index (χ1n) is 6.82. The molecule has 16 heavy (non-hydrogen) atoms. The SMILES string of the molecule is O=C(NC1CCCCCCC1)OC1CCC1. The molecule has 2 rings (SSSR count). The number of alkyl carbamates (subject to hydrolysis) is 1. The van der Waals surface area contributed by atoms with E-state index in [-0.39, 0.29) is 12.2 Å². The Bertz CT molecular complexity index is 218. The zero-order valence-corrected chi connectivity index (χ0v) is 10.0. The van der Waals surface area contributed by atoms with Crippen LogP contribution in [0.4, 0.5) is 4.79 Å². The summed E-state index contributed by atoms with van der Waals surface area (Å²) in [5.41, 5.74) is 0. The Labute approximate surface area is 97.9 Å². The van der Waals surface area contributed by atoms with Crippen LogP contribution in [0.1, 0.15) is 64.2 Å². The molecule has 0 saturated heterocycles. The first kappa shape index (κ1) is 11.7. The summed E-state index contributed by atoms with van der Waals surface area (Å²) in [5.74, 6) is 0. The molecule has 2 aliphatic carbocycles. The first-order valence-corrected chi connectivity index (χ1v) is 6.82. The highest BCUT2D eigenvalue weighted by molar-refractivity contribution is 5.67. The van der Waals surface area contributed by atoms with Gasteiger partial charge in [-0.05, 0) is 32.1 Å². The van der Waals surface area contributed by atoms with Gasteiger partial charge in [0.1, 0.15) is 6.10 Å². The maximum absolute atomic E-state index is 11.6. The van der Waals surface area contributed by atoms with Crippen molar-refractivity contribution in [2.75, 3.05) is 0 Å². The quantitative estimate of drug-likeness (QED) is 0.782. The normalized spacial score (nSPS) is 24.0. The smallest absolute Gasteiger partial charge is 0.407 e. The highest BCUT2D eigenvalue weighted by Crippen LogP contribution is 2.22. The van der Waals surface area contributed by atoms with Crippen molar-refractivity contribution in [3.8, 4) is 0 Å². The molecule has 2 aliphatic rings. The third kappa shape index (κ3) is 3.69. The van der Waals surface area contributed by atoms with Crippen LogP contribution in [0, 0.1) is 0 Å². The summed E-state index contributed by atoms with van der Waals surface area (Å²) in [6.45, 7) is 0. The van der Waals surface area contributed by atoms with Crippen molar-refractivity contribution in [3.05, 3.63) is 0 Å². The van der Waals surface area contributed by atoms with E-state index in [1.54, 1.807) is 0 Å². The number of hydrogen-bond donors (Lipinski definition) is 1. The zero-order valence-electron chi connectivity index (χ0n) is 10.0. The lowest BCUT2D eigenvalue weighted by molar-refractivity contribution is 0.0497. The van der Waals surface area contributed by atoms with Crippen LogP contribution >= 0.6 is 0 Å². The maximum Gasteiger partial charge on any atom is 0.407 e. The van der Waals surface area contributed by atoms with E-state index in [1.807, 2.05) is 0 Å². The summed E-state index contributed by atoms with van der Waals surface area (Å²) < 4.78 is 5.31. The van der Waals surface area contributed by atoms with E-state index in [0.29, 0.717) is 6.04 Å². The molecule has 0 aromatic rings. The van der Waals surface area contributed by atoms with Crippen molar-refractivity contribution < 1.29 is 9.53 Å². The van der Waals surface area contributed by atoms with Gasteiger partial charge in [-0.3, -0.25) is 0 Å². The lowest BCUT2D eigenvalue weighted by Gasteiger charge is -2.27. The number of carbonyl (C=O) groups is 1. The Balaban J connectivity index is 1.66. The van der Waals surface area contributed by atoms with Gasteiger partial charge in [-0.15, -0.1) is 0 Å². The fraction of sp³-hybridized carbons (Fsp3) is 0.923. The molecule has 0 radical (unpaired) electrons. The van der Waals surface area contributed by atoms with Crippen LogP contribution in [0.15, 0.2) is 0 Å². The van der Waals surface area contributed by atoms with Gasteiger partial charge < -0.3 is 10.1 Å². The third-order valence-corrected chi connectivity index (χ3v) is 3.75. The first-order chi connectivity index (χ1) is 7.84. The van der Waals surface area contributed by atoms with Crippen LogP contribution in [0.25, 0.3) is 0 Å². The van der Waals surface area contributed by atoms with E-state index in [0.717, 1.165) is 25.7 Å². The number of nitrogens with one attached hydrogen (secondary N) is 1. The van der Waals surface area contributed by atoms with Gasteiger partial charge in [0.05, 0.1) is 0 Å². The molecule has 0 heterocycles. The van der Waals surface area contributed by atoms with Crippen molar-refractivity contribution in [2.24, 2.45) is 0 Å². The number of amides is 1. The van der Waals surface area contributed by atoms with Gasteiger partial charge in [0.15, 0.2) is 0 Å². The molecular weight excluding hydrogens is 202 g/mol. The van der Waals surface area contributed by atoms with Crippen LogP contribution in [-0.2, 0) is 4.74 Å². The monoisotopic (exact) mass is 225 g/mol.